The number of carbonyl (C=O) groups is 1. The maximum Gasteiger partial charge on any atom is 0.253 e. The Balaban J connectivity index is 1.28. The number of amides is 1. The van der Waals surface area contributed by atoms with Gasteiger partial charge in [-0.25, -0.2) is 4.68 Å². The van der Waals surface area contributed by atoms with Crippen LogP contribution in [0.15, 0.2) is 72.2 Å². The van der Waals surface area contributed by atoms with E-state index in [1.165, 1.54) is 0 Å². The first kappa shape index (κ1) is 19.8. The Morgan fingerprint density at radius 1 is 0.935 bits per heavy atom. The molecule has 3 heterocycles. The maximum absolute atomic E-state index is 13.0. The fourth-order valence-corrected chi connectivity index (χ4v) is 4.78. The quantitative estimate of drug-likeness (QED) is 0.456. The second-order valence-electron chi connectivity index (χ2n) is 7.29. The molecule has 6 nitrogen and oxygen atoms in total. The molecular formula is C23H20ClN5OS. The number of nitrogens with zero attached hydrogens (tertiary/aromatic N) is 5. The summed E-state index contributed by atoms with van der Waals surface area (Å²) in [6.45, 7) is 2.85. The molecule has 156 valence electrons. The summed E-state index contributed by atoms with van der Waals surface area (Å²) in [6.07, 6.45) is 1.75. The van der Waals surface area contributed by atoms with Crippen molar-refractivity contribution < 1.29 is 4.79 Å². The number of benzene rings is 2. The average Bonchev–Trinajstić information content (AvgIpc) is 3.51. The van der Waals surface area contributed by atoms with Crippen LogP contribution in [0.3, 0.4) is 0 Å². The zero-order valence-electron chi connectivity index (χ0n) is 16.7. The van der Waals surface area contributed by atoms with Gasteiger partial charge in [-0.2, -0.15) is 0 Å². The van der Waals surface area contributed by atoms with Crippen LogP contribution < -0.4 is 4.90 Å². The lowest BCUT2D eigenvalue weighted by Gasteiger charge is -2.36. The van der Waals surface area contributed by atoms with Gasteiger partial charge >= 0.3 is 0 Å². The summed E-state index contributed by atoms with van der Waals surface area (Å²) in [5.41, 5.74) is 3.51. The summed E-state index contributed by atoms with van der Waals surface area (Å²) in [5, 5.41) is 11.0. The first-order valence-electron chi connectivity index (χ1n) is 10.0. The van der Waals surface area contributed by atoms with E-state index in [-0.39, 0.29) is 5.91 Å². The van der Waals surface area contributed by atoms with Crippen LogP contribution in [0.5, 0.6) is 0 Å². The number of hydrogen-bond donors (Lipinski definition) is 0. The van der Waals surface area contributed by atoms with E-state index < -0.39 is 0 Å². The fraction of sp³-hybridized carbons (Fsp3) is 0.174. The normalized spacial score (nSPS) is 14.1. The van der Waals surface area contributed by atoms with Crippen LogP contribution in [-0.4, -0.2) is 52.0 Å². The third-order valence-corrected chi connectivity index (χ3v) is 6.65. The molecule has 2 aromatic heterocycles. The number of piperazine rings is 1. The van der Waals surface area contributed by atoms with Gasteiger partial charge in [-0.15, -0.1) is 16.4 Å². The lowest BCUT2D eigenvalue weighted by atomic mass is 10.1. The Morgan fingerprint density at radius 3 is 2.42 bits per heavy atom. The van der Waals surface area contributed by atoms with Gasteiger partial charge in [-0.05, 0) is 47.8 Å². The second-order valence-corrected chi connectivity index (χ2v) is 8.64. The van der Waals surface area contributed by atoms with Crippen molar-refractivity contribution in [2.24, 2.45) is 0 Å². The summed E-state index contributed by atoms with van der Waals surface area (Å²) in [4.78, 5) is 18.2. The molecule has 1 aliphatic rings. The highest BCUT2D eigenvalue weighted by Gasteiger charge is 2.23. The fourth-order valence-electron chi connectivity index (χ4n) is 3.80. The lowest BCUT2D eigenvalue weighted by molar-refractivity contribution is 0.0747. The molecule has 0 spiro atoms. The molecule has 1 amide bonds. The predicted octanol–water partition coefficient (Wildman–Crippen LogP) is 4.61. The number of thiophene rings is 1. The van der Waals surface area contributed by atoms with Crippen molar-refractivity contribution >= 4 is 34.5 Å². The Bertz CT molecular complexity index is 1180. The van der Waals surface area contributed by atoms with Crippen LogP contribution >= 0.6 is 22.9 Å². The van der Waals surface area contributed by atoms with Crippen LogP contribution in [0.4, 0.5) is 5.69 Å². The molecule has 0 aliphatic carbocycles. The monoisotopic (exact) mass is 449 g/mol. The van der Waals surface area contributed by atoms with Crippen molar-refractivity contribution in [2.45, 2.75) is 0 Å². The van der Waals surface area contributed by atoms with Crippen LogP contribution in [-0.2, 0) is 0 Å². The van der Waals surface area contributed by atoms with Gasteiger partial charge in [0.25, 0.3) is 5.91 Å². The SMILES string of the molecule is O=C(c1ccc(-n2nncc2-c2cccs2)cc1)N1CCN(c2ccccc2Cl)CC1. The van der Waals surface area contributed by atoms with E-state index in [1.807, 2.05) is 70.9 Å². The third kappa shape index (κ3) is 3.94. The molecule has 0 atom stereocenters. The van der Waals surface area contributed by atoms with Crippen molar-refractivity contribution in [3.8, 4) is 16.3 Å². The van der Waals surface area contributed by atoms with Gasteiger partial charge in [0.15, 0.2) is 0 Å². The van der Waals surface area contributed by atoms with Gasteiger partial charge in [0.05, 0.1) is 27.5 Å². The first-order valence-corrected chi connectivity index (χ1v) is 11.3. The van der Waals surface area contributed by atoms with Crippen molar-refractivity contribution in [3.05, 3.63) is 82.8 Å². The van der Waals surface area contributed by atoms with E-state index in [2.05, 4.69) is 15.2 Å². The number of rotatable bonds is 4. The molecule has 2 aromatic carbocycles. The van der Waals surface area contributed by atoms with Crippen molar-refractivity contribution in [3.63, 3.8) is 0 Å². The smallest absolute Gasteiger partial charge is 0.253 e. The molecule has 8 heteroatoms. The van der Waals surface area contributed by atoms with Crippen molar-refractivity contribution in [2.75, 3.05) is 31.1 Å². The summed E-state index contributed by atoms with van der Waals surface area (Å²) in [6, 6.07) is 19.4. The van der Waals surface area contributed by atoms with Gasteiger partial charge in [-0.1, -0.05) is 35.0 Å². The number of anilines is 1. The van der Waals surface area contributed by atoms with E-state index in [9.17, 15) is 4.79 Å². The minimum absolute atomic E-state index is 0.0439. The van der Waals surface area contributed by atoms with E-state index in [4.69, 9.17) is 11.6 Å². The number of halogens is 1. The topological polar surface area (TPSA) is 54.3 Å². The molecule has 1 saturated heterocycles. The van der Waals surface area contributed by atoms with Gasteiger partial charge < -0.3 is 9.80 Å². The average molecular weight is 450 g/mol. The molecule has 31 heavy (non-hydrogen) atoms. The Labute approximate surface area is 189 Å². The highest BCUT2D eigenvalue weighted by molar-refractivity contribution is 7.13. The zero-order valence-corrected chi connectivity index (χ0v) is 18.3. The van der Waals surface area contributed by atoms with Crippen molar-refractivity contribution in [1.82, 2.24) is 19.9 Å². The lowest BCUT2D eigenvalue weighted by Crippen LogP contribution is -2.48. The summed E-state index contributed by atoms with van der Waals surface area (Å²) >= 11 is 7.96. The summed E-state index contributed by atoms with van der Waals surface area (Å²) in [5.74, 6) is 0.0439. The van der Waals surface area contributed by atoms with Gasteiger partial charge in [0, 0.05) is 31.7 Å². The molecule has 4 aromatic rings. The van der Waals surface area contributed by atoms with Crippen LogP contribution in [0.25, 0.3) is 16.3 Å². The van der Waals surface area contributed by atoms with E-state index >= 15 is 0 Å². The van der Waals surface area contributed by atoms with Crippen LogP contribution in [0.1, 0.15) is 10.4 Å². The molecule has 0 unspecified atom stereocenters. The van der Waals surface area contributed by atoms with E-state index in [0.717, 1.165) is 40.1 Å². The highest BCUT2D eigenvalue weighted by atomic mass is 35.5. The Hall–Kier alpha value is -3.16. The molecular weight excluding hydrogens is 430 g/mol. The standard InChI is InChI=1S/C23H20ClN5OS/c24-19-4-1-2-5-20(19)27-11-13-28(14-12-27)23(30)17-7-9-18(10-8-17)29-21(16-25-26-29)22-6-3-15-31-22/h1-10,15-16H,11-14H2. The molecule has 0 saturated carbocycles. The minimum atomic E-state index is 0.0439. The number of para-hydroxylation sites is 1. The molecule has 1 fully saturated rings. The van der Waals surface area contributed by atoms with Crippen molar-refractivity contribution in [1.29, 1.82) is 0 Å². The second kappa shape index (κ2) is 8.53. The summed E-state index contributed by atoms with van der Waals surface area (Å²) in [7, 11) is 0. The van der Waals surface area contributed by atoms with Gasteiger partial charge in [0.2, 0.25) is 0 Å². The zero-order chi connectivity index (χ0) is 21.2. The number of carbonyl (C=O) groups excluding carboxylic acids is 1. The van der Waals surface area contributed by atoms with Crippen LogP contribution in [0.2, 0.25) is 5.02 Å². The third-order valence-electron chi connectivity index (χ3n) is 5.44. The molecule has 1 aliphatic heterocycles. The largest absolute Gasteiger partial charge is 0.367 e. The molecule has 5 rings (SSSR count). The highest BCUT2D eigenvalue weighted by Crippen LogP contribution is 2.27. The van der Waals surface area contributed by atoms with Crippen LogP contribution in [0, 0.1) is 0 Å². The number of hydrogen-bond acceptors (Lipinski definition) is 5. The van der Waals surface area contributed by atoms with E-state index in [0.29, 0.717) is 18.7 Å². The van der Waals surface area contributed by atoms with Gasteiger partial charge in [0.1, 0.15) is 5.69 Å². The predicted molar refractivity (Wildman–Crippen MR) is 124 cm³/mol. The first-order chi connectivity index (χ1) is 15.2. The van der Waals surface area contributed by atoms with E-state index in [1.54, 1.807) is 22.2 Å². The Morgan fingerprint density at radius 2 is 1.71 bits per heavy atom. The Kier molecular flexibility index (Phi) is 5.44. The minimum Gasteiger partial charge on any atom is -0.367 e. The molecule has 0 radical (unpaired) electrons. The maximum atomic E-state index is 13.0. The summed E-state index contributed by atoms with van der Waals surface area (Å²) < 4.78 is 1.79. The molecule has 0 N–H and O–H groups in total. The van der Waals surface area contributed by atoms with Gasteiger partial charge in [-0.3, -0.25) is 4.79 Å². The molecule has 0 bridgehead atoms. The number of aromatic nitrogens is 3.